The Morgan fingerprint density at radius 2 is 2.00 bits per heavy atom. The van der Waals surface area contributed by atoms with Crippen LogP contribution in [0.25, 0.3) is 5.52 Å². The number of aryl methyl sites for hydroxylation is 1. The third-order valence-electron chi connectivity index (χ3n) is 6.34. The number of fused-ring (bicyclic) bond motifs is 2. The molecule has 0 unspecified atom stereocenters. The van der Waals surface area contributed by atoms with Crippen LogP contribution in [0.5, 0.6) is 0 Å². The van der Waals surface area contributed by atoms with E-state index in [2.05, 4.69) is 17.0 Å². The van der Waals surface area contributed by atoms with E-state index >= 15 is 0 Å². The molecule has 2 saturated heterocycles. The number of amides is 1. The fourth-order valence-electron chi connectivity index (χ4n) is 5.16. The molecule has 2 aliphatic heterocycles. The van der Waals surface area contributed by atoms with Crippen LogP contribution in [0.15, 0.2) is 48.8 Å². The average molecular weight is 415 g/mol. The van der Waals surface area contributed by atoms with Crippen LogP contribution >= 0.6 is 12.4 Å². The van der Waals surface area contributed by atoms with Gasteiger partial charge < -0.3 is 4.90 Å². The molecular formula is C22H24ClFN4O. The normalized spacial score (nSPS) is 24.0. The number of pyridine rings is 1. The summed E-state index contributed by atoms with van der Waals surface area (Å²) in [7, 11) is 2.09. The molecule has 1 amide bonds. The van der Waals surface area contributed by atoms with Crippen LogP contribution < -0.4 is 0 Å². The number of rotatable bonds is 2. The lowest BCUT2D eigenvalue weighted by molar-refractivity contribution is 0.0769. The summed E-state index contributed by atoms with van der Waals surface area (Å²) in [5, 5.41) is 4.35. The summed E-state index contributed by atoms with van der Waals surface area (Å²) in [6.07, 6.45) is 3.54. The molecule has 0 saturated carbocycles. The lowest BCUT2D eigenvalue weighted by atomic mass is 9.89. The maximum Gasteiger partial charge on any atom is 0.257 e. The highest BCUT2D eigenvalue weighted by molar-refractivity contribution is 6.01. The first-order chi connectivity index (χ1) is 13.5. The molecule has 4 heterocycles. The van der Waals surface area contributed by atoms with Gasteiger partial charge >= 0.3 is 0 Å². The molecule has 5 nitrogen and oxygen atoms in total. The third-order valence-corrected chi connectivity index (χ3v) is 6.34. The highest BCUT2D eigenvalue weighted by Gasteiger charge is 2.47. The number of hydrogen-bond donors (Lipinski definition) is 0. The second kappa shape index (κ2) is 7.43. The summed E-state index contributed by atoms with van der Waals surface area (Å²) in [6.45, 7) is 4.35. The Labute approximate surface area is 175 Å². The zero-order valence-electron chi connectivity index (χ0n) is 16.5. The Kier molecular flexibility index (Phi) is 5.09. The summed E-state index contributed by atoms with van der Waals surface area (Å²) in [5.74, 6) is 0.560. The Bertz CT molecular complexity index is 1070. The minimum Gasteiger partial charge on any atom is -0.338 e. The number of halogens is 2. The molecule has 5 rings (SSSR count). The van der Waals surface area contributed by atoms with Crippen LogP contribution in [0.4, 0.5) is 4.39 Å². The molecule has 0 spiro atoms. The molecule has 7 heteroatoms. The van der Waals surface area contributed by atoms with Gasteiger partial charge in [0.25, 0.3) is 5.91 Å². The van der Waals surface area contributed by atoms with Crippen LogP contribution in [0.3, 0.4) is 0 Å². The lowest BCUT2D eigenvalue weighted by Crippen LogP contribution is -2.33. The van der Waals surface area contributed by atoms with Gasteiger partial charge in [-0.05, 0) is 49.2 Å². The van der Waals surface area contributed by atoms with Gasteiger partial charge in [0.15, 0.2) is 0 Å². The highest BCUT2D eigenvalue weighted by Crippen LogP contribution is 2.44. The molecule has 2 aliphatic rings. The number of hydrogen-bond acceptors (Lipinski definition) is 3. The van der Waals surface area contributed by atoms with Crippen molar-refractivity contribution in [2.45, 2.75) is 13.0 Å². The monoisotopic (exact) mass is 414 g/mol. The predicted molar refractivity (Wildman–Crippen MR) is 112 cm³/mol. The van der Waals surface area contributed by atoms with E-state index in [0.717, 1.165) is 29.7 Å². The van der Waals surface area contributed by atoms with Gasteiger partial charge in [0.2, 0.25) is 0 Å². The number of carbonyl (C=O) groups is 1. The number of nitrogens with zero attached hydrogens (tertiary/aromatic N) is 4. The molecular weight excluding hydrogens is 391 g/mol. The molecule has 0 bridgehead atoms. The standard InChI is InChI=1S/C22H23FN4O.ClH/c1-14-5-4-8-27-20(14)18(10-24-27)22(28)26-12-16-11-25(2)21(19(16)13-26)15-6-3-7-17(23)9-15;/h3-10,16,19,21H,11-13H2,1-2H3;1H/t16-,19+,21-;/m0./s1. The van der Waals surface area contributed by atoms with Gasteiger partial charge in [0.05, 0.1) is 17.3 Å². The van der Waals surface area contributed by atoms with E-state index in [1.807, 2.05) is 36.2 Å². The summed E-state index contributed by atoms with van der Waals surface area (Å²) >= 11 is 0. The fourth-order valence-corrected chi connectivity index (χ4v) is 5.16. The van der Waals surface area contributed by atoms with E-state index in [0.29, 0.717) is 23.9 Å². The Hall–Kier alpha value is -2.44. The Balaban J connectivity index is 0.00000205. The van der Waals surface area contributed by atoms with Crippen LogP contribution in [-0.4, -0.2) is 52.0 Å². The summed E-state index contributed by atoms with van der Waals surface area (Å²) < 4.78 is 15.5. The molecule has 2 aromatic heterocycles. The van der Waals surface area contributed by atoms with Crippen LogP contribution in [0.2, 0.25) is 0 Å². The summed E-state index contributed by atoms with van der Waals surface area (Å²) in [5.41, 5.74) is 3.58. The first kappa shape index (κ1) is 19.9. The number of likely N-dealkylation sites (tertiary alicyclic amines) is 2. The highest BCUT2D eigenvalue weighted by atomic mass is 35.5. The van der Waals surface area contributed by atoms with Crippen molar-refractivity contribution >= 4 is 23.8 Å². The van der Waals surface area contributed by atoms with Gasteiger partial charge in [0.1, 0.15) is 5.82 Å². The van der Waals surface area contributed by atoms with Crippen molar-refractivity contribution in [3.63, 3.8) is 0 Å². The lowest BCUT2D eigenvalue weighted by Gasteiger charge is -2.27. The van der Waals surface area contributed by atoms with Crippen LogP contribution in [0, 0.1) is 24.6 Å². The summed E-state index contributed by atoms with van der Waals surface area (Å²) in [4.78, 5) is 17.5. The van der Waals surface area contributed by atoms with E-state index in [-0.39, 0.29) is 30.2 Å². The smallest absolute Gasteiger partial charge is 0.257 e. The van der Waals surface area contributed by atoms with Crippen molar-refractivity contribution in [3.05, 3.63) is 71.3 Å². The largest absolute Gasteiger partial charge is 0.338 e. The van der Waals surface area contributed by atoms with Gasteiger partial charge in [0, 0.05) is 37.8 Å². The number of carbonyl (C=O) groups excluding carboxylic acids is 1. The quantitative estimate of drug-likeness (QED) is 0.643. The molecule has 0 aliphatic carbocycles. The molecule has 0 N–H and O–H groups in total. The van der Waals surface area contributed by atoms with Crippen LogP contribution in [0.1, 0.15) is 27.5 Å². The fraction of sp³-hybridized carbons (Fsp3) is 0.364. The van der Waals surface area contributed by atoms with Gasteiger partial charge in [-0.15, -0.1) is 12.4 Å². The van der Waals surface area contributed by atoms with Crippen molar-refractivity contribution < 1.29 is 9.18 Å². The summed E-state index contributed by atoms with van der Waals surface area (Å²) in [6, 6.07) is 10.9. The molecule has 1 aromatic carbocycles. The zero-order chi connectivity index (χ0) is 19.4. The van der Waals surface area contributed by atoms with E-state index in [9.17, 15) is 9.18 Å². The number of benzene rings is 1. The van der Waals surface area contributed by atoms with Gasteiger partial charge in [-0.3, -0.25) is 9.69 Å². The van der Waals surface area contributed by atoms with E-state index in [4.69, 9.17) is 0 Å². The average Bonchev–Trinajstić information content (AvgIpc) is 3.34. The first-order valence-electron chi connectivity index (χ1n) is 9.71. The van der Waals surface area contributed by atoms with E-state index in [1.165, 1.54) is 6.07 Å². The maximum absolute atomic E-state index is 13.8. The van der Waals surface area contributed by atoms with Gasteiger partial charge in [-0.25, -0.2) is 8.91 Å². The molecule has 3 atom stereocenters. The number of aromatic nitrogens is 2. The minimum absolute atomic E-state index is 0. The third kappa shape index (κ3) is 3.20. The second-order valence-corrected chi connectivity index (χ2v) is 8.12. The molecule has 2 fully saturated rings. The van der Waals surface area contributed by atoms with Crippen molar-refractivity contribution in [2.75, 3.05) is 26.7 Å². The maximum atomic E-state index is 13.8. The topological polar surface area (TPSA) is 40.9 Å². The van der Waals surface area contributed by atoms with Crippen molar-refractivity contribution in [1.82, 2.24) is 19.4 Å². The second-order valence-electron chi connectivity index (χ2n) is 8.12. The van der Waals surface area contributed by atoms with Crippen molar-refractivity contribution in [2.24, 2.45) is 11.8 Å². The predicted octanol–water partition coefficient (Wildman–Crippen LogP) is 3.58. The molecule has 0 radical (unpaired) electrons. The van der Waals surface area contributed by atoms with Crippen molar-refractivity contribution in [3.8, 4) is 0 Å². The SMILES string of the molecule is Cc1cccn2ncc(C(=O)N3C[C@@H]4CN(C)[C@@H](c5cccc(F)c5)[C@@H]4C3)c12.Cl. The van der Waals surface area contributed by atoms with E-state index in [1.54, 1.807) is 22.8 Å². The van der Waals surface area contributed by atoms with Crippen molar-refractivity contribution in [1.29, 1.82) is 0 Å². The van der Waals surface area contributed by atoms with Crippen LogP contribution in [-0.2, 0) is 0 Å². The zero-order valence-corrected chi connectivity index (χ0v) is 17.3. The Morgan fingerprint density at radius 3 is 2.79 bits per heavy atom. The molecule has 3 aromatic rings. The van der Waals surface area contributed by atoms with Gasteiger partial charge in [-0.1, -0.05) is 18.2 Å². The first-order valence-corrected chi connectivity index (χ1v) is 9.71. The van der Waals surface area contributed by atoms with Gasteiger partial charge in [-0.2, -0.15) is 5.10 Å². The molecule has 152 valence electrons. The Morgan fingerprint density at radius 1 is 1.17 bits per heavy atom. The van der Waals surface area contributed by atoms with E-state index < -0.39 is 0 Å². The molecule has 29 heavy (non-hydrogen) atoms. The minimum atomic E-state index is -0.206.